The van der Waals surface area contributed by atoms with Crippen LogP contribution in [0.5, 0.6) is 0 Å². The van der Waals surface area contributed by atoms with Crippen molar-refractivity contribution in [2.45, 2.75) is 53.0 Å². The molecule has 84 valence electrons. The average molecular weight is 197 g/mol. The van der Waals surface area contributed by atoms with Crippen molar-refractivity contribution >= 4 is 0 Å². The minimum absolute atomic E-state index is 0.891. The molecule has 1 aliphatic rings. The van der Waals surface area contributed by atoms with Crippen LogP contribution in [-0.4, -0.2) is 24.5 Å². The highest BCUT2D eigenvalue weighted by Gasteiger charge is 2.30. The first-order valence-electron chi connectivity index (χ1n) is 6.26. The zero-order chi connectivity index (χ0) is 10.7. The number of likely N-dealkylation sites (N-methyl/N-ethyl adjacent to an activating group) is 1. The van der Waals surface area contributed by atoms with Crippen LogP contribution in [-0.2, 0) is 0 Å². The first-order valence-corrected chi connectivity index (χ1v) is 6.26. The lowest BCUT2D eigenvalue weighted by atomic mass is 9.81. The van der Waals surface area contributed by atoms with Gasteiger partial charge in [-0.2, -0.15) is 0 Å². The van der Waals surface area contributed by atoms with Crippen LogP contribution in [0.2, 0.25) is 0 Å². The summed E-state index contributed by atoms with van der Waals surface area (Å²) in [7, 11) is 2.23. The Morgan fingerprint density at radius 2 is 1.79 bits per heavy atom. The summed E-state index contributed by atoms with van der Waals surface area (Å²) in [6.45, 7) is 10.9. The lowest BCUT2D eigenvalue weighted by molar-refractivity contribution is 0.254. The molecule has 5 atom stereocenters. The number of hydrogen-bond donors (Lipinski definition) is 0. The molecule has 0 N–H and O–H groups in total. The van der Waals surface area contributed by atoms with E-state index in [0.29, 0.717) is 0 Å². The van der Waals surface area contributed by atoms with E-state index in [9.17, 15) is 0 Å². The molecule has 1 heteroatoms. The molecule has 0 saturated carbocycles. The molecule has 1 heterocycles. The Hall–Kier alpha value is -0.0400. The third-order valence-corrected chi connectivity index (χ3v) is 4.38. The summed E-state index contributed by atoms with van der Waals surface area (Å²) in [6, 6.07) is 0.918. The van der Waals surface area contributed by atoms with Gasteiger partial charge in [0.25, 0.3) is 0 Å². The van der Waals surface area contributed by atoms with E-state index < -0.39 is 0 Å². The summed E-state index contributed by atoms with van der Waals surface area (Å²) < 4.78 is 0. The van der Waals surface area contributed by atoms with Gasteiger partial charge in [-0.1, -0.05) is 34.1 Å². The van der Waals surface area contributed by atoms with Crippen molar-refractivity contribution in [2.75, 3.05) is 13.6 Å². The van der Waals surface area contributed by atoms with Gasteiger partial charge in [0, 0.05) is 12.6 Å². The van der Waals surface area contributed by atoms with Crippen LogP contribution < -0.4 is 0 Å². The van der Waals surface area contributed by atoms with Crippen LogP contribution in [0.4, 0.5) is 0 Å². The number of hydrogen-bond acceptors (Lipinski definition) is 1. The molecule has 0 spiro atoms. The third kappa shape index (κ3) is 3.27. The van der Waals surface area contributed by atoms with Gasteiger partial charge < -0.3 is 4.90 Å². The quantitative estimate of drug-likeness (QED) is 0.590. The second kappa shape index (κ2) is 5.16. The monoisotopic (exact) mass is 197 g/mol. The minimum Gasteiger partial charge on any atom is -0.301 e. The Kier molecular flexibility index (Phi) is 4.43. The van der Waals surface area contributed by atoms with Crippen LogP contribution in [0.15, 0.2) is 0 Å². The van der Waals surface area contributed by atoms with Gasteiger partial charge in [0.05, 0.1) is 0 Å². The molecule has 1 nitrogen and oxygen atoms in total. The molecule has 14 heavy (non-hydrogen) atoms. The van der Waals surface area contributed by atoms with Crippen molar-refractivity contribution in [1.29, 1.82) is 0 Å². The number of nitrogens with zero attached hydrogens (tertiary/aromatic N) is 1. The van der Waals surface area contributed by atoms with Gasteiger partial charge in [0.2, 0.25) is 0 Å². The molecule has 0 aromatic rings. The number of rotatable bonds is 6. The highest BCUT2D eigenvalue weighted by Crippen LogP contribution is 2.29. The van der Waals surface area contributed by atoms with Gasteiger partial charge >= 0.3 is 0 Å². The summed E-state index contributed by atoms with van der Waals surface area (Å²) >= 11 is 0. The van der Waals surface area contributed by atoms with E-state index in [0.717, 1.165) is 23.8 Å². The van der Waals surface area contributed by atoms with Crippen LogP contribution in [0.1, 0.15) is 47.0 Å². The Morgan fingerprint density at radius 1 is 1.21 bits per heavy atom. The van der Waals surface area contributed by atoms with Gasteiger partial charge in [0.1, 0.15) is 0 Å². The Morgan fingerprint density at radius 3 is 2.21 bits per heavy atom. The van der Waals surface area contributed by atoms with Crippen molar-refractivity contribution in [3.05, 3.63) is 0 Å². The maximum absolute atomic E-state index is 2.45. The maximum Gasteiger partial charge on any atom is 0.0220 e. The van der Waals surface area contributed by atoms with Gasteiger partial charge in [-0.3, -0.25) is 0 Å². The van der Waals surface area contributed by atoms with Gasteiger partial charge in [-0.15, -0.1) is 0 Å². The van der Waals surface area contributed by atoms with Crippen LogP contribution in [0, 0.1) is 17.8 Å². The molecular weight excluding hydrogens is 170 g/mol. The summed E-state index contributed by atoms with van der Waals surface area (Å²) in [5.74, 6) is 2.69. The van der Waals surface area contributed by atoms with Crippen LogP contribution in [0.3, 0.4) is 0 Å². The topological polar surface area (TPSA) is 3.01 Å². The second-order valence-electron chi connectivity index (χ2n) is 5.39. The van der Waals surface area contributed by atoms with Crippen LogP contribution in [0.25, 0.3) is 0 Å². The predicted octanol–water partition coefficient (Wildman–Crippen LogP) is 3.40. The molecule has 0 radical (unpaired) electrons. The van der Waals surface area contributed by atoms with E-state index in [1.165, 1.54) is 25.8 Å². The second-order valence-corrected chi connectivity index (χ2v) is 5.39. The molecule has 0 aromatic heterocycles. The van der Waals surface area contributed by atoms with Gasteiger partial charge in [0.15, 0.2) is 0 Å². The molecule has 0 aliphatic carbocycles. The molecule has 1 saturated heterocycles. The molecule has 0 aromatic carbocycles. The molecule has 1 fully saturated rings. The lowest BCUT2D eigenvalue weighted by Gasteiger charge is -2.25. The van der Waals surface area contributed by atoms with E-state index in [-0.39, 0.29) is 0 Å². The van der Waals surface area contributed by atoms with E-state index in [2.05, 4.69) is 39.6 Å². The third-order valence-electron chi connectivity index (χ3n) is 4.38. The lowest BCUT2D eigenvalue weighted by Crippen LogP contribution is -2.16. The van der Waals surface area contributed by atoms with Crippen molar-refractivity contribution < 1.29 is 0 Å². The predicted molar refractivity (Wildman–Crippen MR) is 63.4 cm³/mol. The van der Waals surface area contributed by atoms with Crippen LogP contribution >= 0.6 is 0 Å². The Balaban J connectivity index is 2.16. The minimum atomic E-state index is 0.891. The van der Waals surface area contributed by atoms with E-state index in [1.54, 1.807) is 0 Å². The van der Waals surface area contributed by atoms with E-state index in [4.69, 9.17) is 0 Å². The zero-order valence-corrected chi connectivity index (χ0v) is 10.6. The largest absolute Gasteiger partial charge is 0.301 e. The highest BCUT2D eigenvalue weighted by atomic mass is 15.3. The fraction of sp³-hybridized carbons (Fsp3) is 1.00. The first kappa shape index (κ1) is 12.0. The highest BCUT2D eigenvalue weighted by molar-refractivity contribution is 4.86. The molecule has 5 unspecified atom stereocenters. The SMILES string of the molecule is CCC(C)C(C)C(C)CCC1CN1C. The molecule has 0 amide bonds. The molecule has 1 rings (SSSR count). The average Bonchev–Trinajstić information content (AvgIpc) is 2.88. The fourth-order valence-electron chi connectivity index (χ4n) is 2.25. The molecule has 1 aliphatic heterocycles. The van der Waals surface area contributed by atoms with E-state index >= 15 is 0 Å². The first-order chi connectivity index (χ1) is 6.56. The van der Waals surface area contributed by atoms with Gasteiger partial charge in [-0.25, -0.2) is 0 Å². The summed E-state index contributed by atoms with van der Waals surface area (Å²) in [4.78, 5) is 2.45. The fourth-order valence-corrected chi connectivity index (χ4v) is 2.25. The smallest absolute Gasteiger partial charge is 0.0220 e. The molecular formula is C13H27N. The normalized spacial score (nSPS) is 32.4. The van der Waals surface area contributed by atoms with Gasteiger partial charge in [-0.05, 0) is 37.6 Å². The summed E-state index contributed by atoms with van der Waals surface area (Å²) in [5.41, 5.74) is 0. The summed E-state index contributed by atoms with van der Waals surface area (Å²) in [5, 5.41) is 0. The van der Waals surface area contributed by atoms with Crippen molar-refractivity contribution in [3.8, 4) is 0 Å². The maximum atomic E-state index is 2.45. The van der Waals surface area contributed by atoms with Crippen molar-refractivity contribution in [3.63, 3.8) is 0 Å². The molecule has 0 bridgehead atoms. The Bertz CT molecular complexity index is 167. The van der Waals surface area contributed by atoms with Crippen molar-refractivity contribution in [1.82, 2.24) is 4.90 Å². The summed E-state index contributed by atoms with van der Waals surface area (Å²) in [6.07, 6.45) is 4.16. The zero-order valence-electron chi connectivity index (χ0n) is 10.6. The Labute approximate surface area is 89.9 Å². The van der Waals surface area contributed by atoms with E-state index in [1.807, 2.05) is 0 Å². The standard InChI is InChI=1S/C13H27N/c1-6-10(2)12(4)11(3)7-8-13-9-14(13)5/h10-13H,6-9H2,1-5H3. The van der Waals surface area contributed by atoms with Crippen molar-refractivity contribution in [2.24, 2.45) is 17.8 Å².